The molecule has 1 saturated heterocycles. The lowest BCUT2D eigenvalue weighted by molar-refractivity contribution is -0.121. The summed E-state index contributed by atoms with van der Waals surface area (Å²) in [5, 5.41) is 10.9. The maximum Gasteiger partial charge on any atom is 0.241 e. The van der Waals surface area contributed by atoms with Crippen LogP contribution in [0.4, 0.5) is 5.69 Å². The zero-order valence-corrected chi connectivity index (χ0v) is 11.7. The standard InChI is InChI=1S/C12H20N4OS/c1-9-11(4-3-5-18-9)15-10-6-14-16(7-10)8-12(17)13-2/h6-7,9,11,15H,3-5,8H2,1-2H3,(H,13,17). The lowest BCUT2D eigenvalue weighted by Gasteiger charge is -2.29. The van der Waals surface area contributed by atoms with Crippen LogP contribution in [0.15, 0.2) is 12.4 Å². The third-order valence-corrected chi connectivity index (χ3v) is 4.56. The summed E-state index contributed by atoms with van der Waals surface area (Å²) in [5.41, 5.74) is 0.998. The van der Waals surface area contributed by atoms with Crippen LogP contribution >= 0.6 is 11.8 Å². The number of rotatable bonds is 4. The van der Waals surface area contributed by atoms with Gasteiger partial charge in [0.25, 0.3) is 0 Å². The van der Waals surface area contributed by atoms with Crippen molar-refractivity contribution in [2.75, 3.05) is 18.1 Å². The van der Waals surface area contributed by atoms with E-state index in [-0.39, 0.29) is 12.5 Å². The Hall–Kier alpha value is -1.17. The van der Waals surface area contributed by atoms with E-state index in [2.05, 4.69) is 22.7 Å². The predicted molar refractivity (Wildman–Crippen MR) is 74.9 cm³/mol. The van der Waals surface area contributed by atoms with Crippen LogP contribution in [0.5, 0.6) is 0 Å². The minimum absolute atomic E-state index is 0.0359. The van der Waals surface area contributed by atoms with E-state index >= 15 is 0 Å². The van der Waals surface area contributed by atoms with Gasteiger partial charge < -0.3 is 10.6 Å². The van der Waals surface area contributed by atoms with Crippen molar-refractivity contribution in [1.29, 1.82) is 0 Å². The smallest absolute Gasteiger partial charge is 0.241 e. The maximum absolute atomic E-state index is 11.2. The molecule has 0 saturated carbocycles. The number of carbonyl (C=O) groups is 1. The lowest BCUT2D eigenvalue weighted by atomic mass is 10.1. The molecule has 1 amide bonds. The van der Waals surface area contributed by atoms with E-state index in [9.17, 15) is 4.79 Å². The lowest BCUT2D eigenvalue weighted by Crippen LogP contribution is -2.32. The van der Waals surface area contributed by atoms with Crippen molar-refractivity contribution in [2.24, 2.45) is 0 Å². The Kier molecular flexibility index (Phi) is 4.52. The van der Waals surface area contributed by atoms with Crippen LogP contribution in [0.3, 0.4) is 0 Å². The van der Waals surface area contributed by atoms with Crippen LogP contribution in [0.1, 0.15) is 19.8 Å². The molecule has 0 bridgehead atoms. The maximum atomic E-state index is 11.2. The summed E-state index contributed by atoms with van der Waals surface area (Å²) in [5.74, 6) is 1.22. The van der Waals surface area contributed by atoms with E-state index < -0.39 is 0 Å². The molecule has 1 aromatic rings. The second kappa shape index (κ2) is 6.13. The number of nitrogens with zero attached hydrogens (tertiary/aromatic N) is 2. The summed E-state index contributed by atoms with van der Waals surface area (Å²) in [7, 11) is 1.63. The number of anilines is 1. The quantitative estimate of drug-likeness (QED) is 0.865. The van der Waals surface area contributed by atoms with Crippen molar-refractivity contribution in [3.05, 3.63) is 12.4 Å². The predicted octanol–water partition coefficient (Wildman–Crippen LogP) is 1.33. The van der Waals surface area contributed by atoms with Crippen molar-refractivity contribution in [3.8, 4) is 0 Å². The number of carbonyl (C=O) groups excluding carboxylic acids is 1. The van der Waals surface area contributed by atoms with Gasteiger partial charge in [0.15, 0.2) is 0 Å². The number of aromatic nitrogens is 2. The first-order chi connectivity index (χ1) is 8.69. The van der Waals surface area contributed by atoms with E-state index in [0.29, 0.717) is 11.3 Å². The average molecular weight is 268 g/mol. The third kappa shape index (κ3) is 3.41. The van der Waals surface area contributed by atoms with Gasteiger partial charge in [0.05, 0.1) is 11.9 Å². The first-order valence-corrected chi connectivity index (χ1v) is 7.35. The van der Waals surface area contributed by atoms with Crippen LogP contribution in [-0.2, 0) is 11.3 Å². The highest BCUT2D eigenvalue weighted by Gasteiger charge is 2.21. The van der Waals surface area contributed by atoms with Crippen molar-refractivity contribution in [3.63, 3.8) is 0 Å². The second-order valence-corrected chi connectivity index (χ2v) is 6.05. The fourth-order valence-corrected chi connectivity index (χ4v) is 3.22. The molecule has 2 unspecified atom stereocenters. The zero-order valence-electron chi connectivity index (χ0n) is 10.8. The Labute approximate surface area is 112 Å². The molecule has 0 aromatic carbocycles. The molecule has 6 heteroatoms. The molecule has 100 valence electrons. The number of likely N-dealkylation sites (N-methyl/N-ethyl adjacent to an activating group) is 1. The van der Waals surface area contributed by atoms with Crippen molar-refractivity contribution in [2.45, 2.75) is 37.6 Å². The van der Waals surface area contributed by atoms with Crippen LogP contribution in [0.25, 0.3) is 0 Å². The van der Waals surface area contributed by atoms with Crippen molar-refractivity contribution < 1.29 is 4.79 Å². The fraction of sp³-hybridized carbons (Fsp3) is 0.667. The van der Waals surface area contributed by atoms with Crippen LogP contribution in [0, 0.1) is 0 Å². The molecule has 1 aromatic heterocycles. The molecular weight excluding hydrogens is 248 g/mol. The Morgan fingerprint density at radius 1 is 1.67 bits per heavy atom. The molecule has 0 radical (unpaired) electrons. The Bertz CT molecular complexity index is 407. The molecule has 18 heavy (non-hydrogen) atoms. The molecule has 2 heterocycles. The SMILES string of the molecule is CNC(=O)Cn1cc(NC2CCCSC2C)cn1. The van der Waals surface area contributed by atoms with Gasteiger partial charge in [-0.25, -0.2) is 0 Å². The van der Waals surface area contributed by atoms with Crippen molar-refractivity contribution in [1.82, 2.24) is 15.1 Å². The van der Waals surface area contributed by atoms with Gasteiger partial charge in [-0.2, -0.15) is 16.9 Å². The van der Waals surface area contributed by atoms with Crippen LogP contribution in [0.2, 0.25) is 0 Å². The third-order valence-electron chi connectivity index (χ3n) is 3.18. The molecule has 1 aliphatic rings. The van der Waals surface area contributed by atoms with Gasteiger partial charge in [0, 0.05) is 24.5 Å². The molecule has 0 spiro atoms. The number of hydrogen-bond acceptors (Lipinski definition) is 4. The van der Waals surface area contributed by atoms with E-state index in [1.165, 1.54) is 18.6 Å². The van der Waals surface area contributed by atoms with E-state index in [1.807, 2.05) is 18.0 Å². The highest BCUT2D eigenvalue weighted by Crippen LogP contribution is 2.27. The molecule has 2 rings (SSSR count). The Balaban J connectivity index is 1.91. The van der Waals surface area contributed by atoms with E-state index in [0.717, 1.165) is 5.69 Å². The van der Waals surface area contributed by atoms with Gasteiger partial charge in [-0.1, -0.05) is 6.92 Å². The molecule has 1 fully saturated rings. The van der Waals surface area contributed by atoms with Gasteiger partial charge in [0.1, 0.15) is 6.54 Å². The normalized spacial score (nSPS) is 23.7. The van der Waals surface area contributed by atoms with Gasteiger partial charge >= 0.3 is 0 Å². The summed E-state index contributed by atoms with van der Waals surface area (Å²) in [4.78, 5) is 11.2. The summed E-state index contributed by atoms with van der Waals surface area (Å²) in [6, 6.07) is 0.501. The molecule has 5 nitrogen and oxygen atoms in total. The molecule has 0 aliphatic carbocycles. The fourth-order valence-electron chi connectivity index (χ4n) is 2.08. The van der Waals surface area contributed by atoms with Gasteiger partial charge in [-0.3, -0.25) is 9.48 Å². The minimum Gasteiger partial charge on any atom is -0.379 e. The number of thioether (sulfide) groups is 1. The molecule has 2 N–H and O–H groups in total. The monoisotopic (exact) mass is 268 g/mol. The second-order valence-electron chi connectivity index (χ2n) is 4.57. The highest BCUT2D eigenvalue weighted by molar-refractivity contribution is 8.00. The summed E-state index contributed by atoms with van der Waals surface area (Å²) >= 11 is 2.01. The van der Waals surface area contributed by atoms with E-state index in [4.69, 9.17) is 0 Å². The highest BCUT2D eigenvalue weighted by atomic mass is 32.2. The minimum atomic E-state index is -0.0359. The van der Waals surface area contributed by atoms with Gasteiger partial charge in [0.2, 0.25) is 5.91 Å². The summed E-state index contributed by atoms with van der Waals surface area (Å²) < 4.78 is 1.65. The van der Waals surface area contributed by atoms with Crippen LogP contribution < -0.4 is 10.6 Å². The topological polar surface area (TPSA) is 59.0 Å². The molecule has 1 aliphatic heterocycles. The number of hydrogen-bond donors (Lipinski definition) is 2. The van der Waals surface area contributed by atoms with Crippen LogP contribution in [-0.4, -0.2) is 39.8 Å². The summed E-state index contributed by atoms with van der Waals surface area (Å²) in [6.07, 6.45) is 6.14. The average Bonchev–Trinajstić information content (AvgIpc) is 2.79. The first kappa shape index (κ1) is 13.3. The first-order valence-electron chi connectivity index (χ1n) is 6.30. The molecule has 2 atom stereocenters. The van der Waals surface area contributed by atoms with Crippen molar-refractivity contribution >= 4 is 23.4 Å². The van der Waals surface area contributed by atoms with Gasteiger partial charge in [-0.15, -0.1) is 0 Å². The molecular formula is C12H20N4OS. The summed E-state index contributed by atoms with van der Waals surface area (Å²) in [6.45, 7) is 2.53. The zero-order chi connectivity index (χ0) is 13.0. The largest absolute Gasteiger partial charge is 0.379 e. The number of nitrogens with one attached hydrogen (secondary N) is 2. The Morgan fingerprint density at radius 2 is 2.50 bits per heavy atom. The van der Waals surface area contributed by atoms with E-state index in [1.54, 1.807) is 17.9 Å². The Morgan fingerprint density at radius 3 is 3.22 bits per heavy atom. The number of amides is 1. The van der Waals surface area contributed by atoms with Gasteiger partial charge in [-0.05, 0) is 18.6 Å².